The van der Waals surface area contributed by atoms with Crippen LogP contribution in [-0.4, -0.2) is 13.2 Å². The Balaban J connectivity index is 3.39. The van der Waals surface area contributed by atoms with E-state index in [2.05, 4.69) is 27.7 Å². The third-order valence-corrected chi connectivity index (χ3v) is 6.61. The summed E-state index contributed by atoms with van der Waals surface area (Å²) in [5.74, 6) is 1.65. The summed E-state index contributed by atoms with van der Waals surface area (Å²) in [7, 11) is 0. The molecule has 2 nitrogen and oxygen atoms in total. The van der Waals surface area contributed by atoms with Crippen LogP contribution in [0, 0.1) is 11.8 Å². The van der Waals surface area contributed by atoms with Gasteiger partial charge in [0.2, 0.25) is 0 Å². The Bertz CT molecular complexity index is 308. The van der Waals surface area contributed by atoms with Gasteiger partial charge in [0.15, 0.2) is 0 Å². The molecule has 25 heavy (non-hydrogen) atoms. The van der Waals surface area contributed by atoms with Crippen molar-refractivity contribution in [2.24, 2.45) is 11.8 Å². The predicted octanol–water partition coefficient (Wildman–Crippen LogP) is 7.78. The van der Waals surface area contributed by atoms with Crippen LogP contribution < -0.4 is 0 Å². The molecule has 0 N–H and O–H groups in total. The first-order valence-electron chi connectivity index (χ1n) is 10.4. The Morgan fingerprint density at radius 1 is 0.640 bits per heavy atom. The lowest BCUT2D eigenvalue weighted by atomic mass is 10.0. The second kappa shape index (κ2) is 17.0. The number of unbranched alkanes of at least 4 members (excludes halogenated alkanes) is 8. The fourth-order valence-corrected chi connectivity index (χ4v) is 4.43. The van der Waals surface area contributed by atoms with Gasteiger partial charge in [0, 0.05) is 0 Å². The largest absolute Gasteiger partial charge is 0.691 e. The average Bonchev–Trinajstić information content (AvgIpc) is 2.51. The van der Waals surface area contributed by atoms with Crippen molar-refractivity contribution >= 4 is 29.7 Å². The molecule has 0 atom stereocenters. The second-order valence-electron chi connectivity index (χ2n) is 8.01. The molecule has 0 rings (SSSR count). The van der Waals surface area contributed by atoms with Crippen LogP contribution in [0.3, 0.4) is 0 Å². The molecule has 0 aliphatic heterocycles. The van der Waals surface area contributed by atoms with Crippen LogP contribution in [0.2, 0.25) is 0 Å². The molecule has 5 heteroatoms. The van der Waals surface area contributed by atoms with Gasteiger partial charge in [0.25, 0.3) is 0 Å². The average molecular weight is 410 g/mol. The first-order chi connectivity index (χ1) is 11.8. The van der Waals surface area contributed by atoms with Crippen molar-refractivity contribution in [3.63, 3.8) is 0 Å². The van der Waals surface area contributed by atoms with E-state index in [0.29, 0.717) is 13.2 Å². The van der Waals surface area contributed by atoms with Crippen LogP contribution in [0.5, 0.6) is 0 Å². The molecule has 0 aromatic rings. The van der Waals surface area contributed by atoms with E-state index in [0.717, 1.165) is 24.7 Å². The highest BCUT2D eigenvalue weighted by Gasteiger charge is 2.02. The van der Waals surface area contributed by atoms with Gasteiger partial charge in [0.05, 0.1) is 18.9 Å². The van der Waals surface area contributed by atoms with Crippen molar-refractivity contribution in [1.82, 2.24) is 0 Å². The van der Waals surface area contributed by atoms with Gasteiger partial charge in [-0.1, -0.05) is 104 Å². The molecule has 0 bridgehead atoms. The molecule has 0 saturated carbocycles. The van der Waals surface area contributed by atoms with Gasteiger partial charge in [-0.05, 0) is 24.7 Å². The van der Waals surface area contributed by atoms with Gasteiger partial charge in [-0.15, -0.1) is 0 Å². The molecule has 0 unspecified atom stereocenters. The highest BCUT2D eigenvalue weighted by molar-refractivity contribution is 8.51. The number of hydrogen-bond donors (Lipinski definition) is 0. The van der Waals surface area contributed by atoms with Crippen molar-refractivity contribution in [3.8, 4) is 0 Å². The molecule has 0 radical (unpaired) electrons. The fourth-order valence-electron chi connectivity index (χ4n) is 2.76. The summed E-state index contributed by atoms with van der Waals surface area (Å²) in [6, 6.07) is 0. The first kappa shape index (κ1) is 25.9. The van der Waals surface area contributed by atoms with E-state index >= 15 is 0 Å². The Hall–Kier alpha value is 0.920. The van der Waals surface area contributed by atoms with Gasteiger partial charge in [-0.25, -0.2) is 0 Å². The maximum absolute atomic E-state index is 5.66. The number of hydrogen-bond acceptors (Lipinski definition) is 4. The van der Waals surface area contributed by atoms with Crippen LogP contribution in [0.1, 0.15) is 105 Å². The van der Waals surface area contributed by atoms with Crippen LogP contribution in [0.15, 0.2) is 0 Å². The molecule has 0 aliphatic rings. The quantitative estimate of drug-likeness (QED) is 0.131. The van der Waals surface area contributed by atoms with Crippen LogP contribution in [-0.2, 0) is 33.1 Å². The summed E-state index contributed by atoms with van der Waals surface area (Å²) in [6.45, 7) is 10.5. The predicted molar refractivity (Wildman–Crippen MR) is 119 cm³/mol. The monoisotopic (exact) mass is 409 g/mol. The molecule has 0 fully saturated rings. The van der Waals surface area contributed by atoms with Crippen molar-refractivity contribution < 1.29 is 9.05 Å². The van der Waals surface area contributed by atoms with Crippen LogP contribution in [0.4, 0.5) is 0 Å². The van der Waals surface area contributed by atoms with E-state index in [1.54, 1.807) is 0 Å². The van der Waals surface area contributed by atoms with E-state index in [9.17, 15) is 0 Å². The molecular formula is C20H42O2PS2-. The highest BCUT2D eigenvalue weighted by atomic mass is 32.9. The van der Waals surface area contributed by atoms with Crippen molar-refractivity contribution in [1.29, 1.82) is 0 Å². The maximum atomic E-state index is 5.66. The highest BCUT2D eigenvalue weighted by Crippen LogP contribution is 2.46. The number of rotatable bonds is 18. The first-order valence-corrected chi connectivity index (χ1v) is 14.1. The van der Waals surface area contributed by atoms with Gasteiger partial charge in [0.1, 0.15) is 0 Å². The zero-order valence-electron chi connectivity index (χ0n) is 17.1. The Labute approximate surface area is 168 Å². The molecular weight excluding hydrogens is 367 g/mol. The summed E-state index contributed by atoms with van der Waals surface area (Å²) < 4.78 is 11.3. The van der Waals surface area contributed by atoms with Crippen LogP contribution in [0.25, 0.3) is 0 Å². The van der Waals surface area contributed by atoms with E-state index < -0.39 is 5.69 Å². The van der Waals surface area contributed by atoms with E-state index in [-0.39, 0.29) is 0 Å². The van der Waals surface area contributed by atoms with Crippen LogP contribution >= 0.6 is 5.69 Å². The Morgan fingerprint density at radius 2 is 0.960 bits per heavy atom. The normalized spacial score (nSPS) is 12.4. The van der Waals surface area contributed by atoms with Crippen molar-refractivity contribution in [2.75, 3.05) is 13.2 Å². The summed E-state index contributed by atoms with van der Waals surface area (Å²) in [6.07, 6.45) is 15.1. The maximum Gasteiger partial charge on any atom is 0.0563 e. The fraction of sp³-hybridized carbons (Fsp3) is 1.00. The van der Waals surface area contributed by atoms with E-state index in [1.165, 1.54) is 64.2 Å². The molecule has 152 valence electrons. The minimum atomic E-state index is -2.42. The van der Waals surface area contributed by atoms with Gasteiger partial charge < -0.3 is 21.3 Å². The molecule has 0 saturated heterocycles. The van der Waals surface area contributed by atoms with Crippen molar-refractivity contribution in [3.05, 3.63) is 0 Å². The Morgan fingerprint density at radius 3 is 1.32 bits per heavy atom. The second-order valence-corrected chi connectivity index (χ2v) is 13.0. The lowest BCUT2D eigenvalue weighted by Gasteiger charge is -2.28. The molecule has 0 heterocycles. The summed E-state index contributed by atoms with van der Waals surface area (Å²) in [5.41, 5.74) is -2.42. The SMILES string of the molecule is CC(C)CCCCCCCOP(=S)([S-])OCCCCCCCC(C)C. The van der Waals surface area contributed by atoms with Gasteiger partial charge >= 0.3 is 0 Å². The van der Waals surface area contributed by atoms with Gasteiger partial charge in [-0.3, -0.25) is 0 Å². The minimum Gasteiger partial charge on any atom is -0.691 e. The topological polar surface area (TPSA) is 18.5 Å². The standard InChI is InChI=1S/C20H43O2PS2/c1-19(2)15-11-7-5-9-13-17-21-23(24,25)22-18-14-10-6-8-12-16-20(3)4/h19-20H,5-18H2,1-4H3,(H,24,25)/p-1. The third-order valence-electron chi connectivity index (χ3n) is 4.35. The minimum absolute atomic E-state index is 0.667. The molecule has 0 aliphatic carbocycles. The molecule has 0 aromatic heterocycles. The lowest BCUT2D eigenvalue weighted by Crippen LogP contribution is -1.98. The zero-order chi connectivity index (χ0) is 19.0. The Kier molecular flexibility index (Phi) is 17.7. The van der Waals surface area contributed by atoms with Crippen molar-refractivity contribution in [2.45, 2.75) is 105 Å². The van der Waals surface area contributed by atoms with E-state index in [1.807, 2.05) is 0 Å². The molecule has 0 aromatic carbocycles. The zero-order valence-corrected chi connectivity index (χ0v) is 19.7. The molecule has 0 amide bonds. The van der Waals surface area contributed by atoms with Gasteiger partial charge in [-0.2, -0.15) is 0 Å². The summed E-state index contributed by atoms with van der Waals surface area (Å²) in [5, 5.41) is 0. The van der Waals surface area contributed by atoms with E-state index in [4.69, 9.17) is 33.1 Å². The summed E-state index contributed by atoms with van der Waals surface area (Å²) >= 11 is 10.6. The third kappa shape index (κ3) is 21.1. The molecule has 0 spiro atoms. The smallest absolute Gasteiger partial charge is 0.0563 e. The lowest BCUT2D eigenvalue weighted by molar-refractivity contribution is 0.249. The summed E-state index contributed by atoms with van der Waals surface area (Å²) in [4.78, 5) is 0.